The largest absolute Gasteiger partial charge is 0.496 e. The molecule has 0 heterocycles. The predicted molar refractivity (Wildman–Crippen MR) is 64.3 cm³/mol. The lowest BCUT2D eigenvalue weighted by atomic mass is 10.1. The third-order valence-electron chi connectivity index (χ3n) is 2.06. The van der Waals surface area contributed by atoms with Crippen LogP contribution in [-0.4, -0.2) is 27.5 Å². The molecule has 0 atom stereocenters. The van der Waals surface area contributed by atoms with Crippen molar-refractivity contribution in [3.63, 3.8) is 0 Å². The van der Waals surface area contributed by atoms with Crippen molar-refractivity contribution in [3.8, 4) is 5.75 Å². The normalized spacial score (nSPS) is 10.3. The molecule has 1 aromatic rings. The number of halogens is 1. The van der Waals surface area contributed by atoms with Gasteiger partial charge in [0.1, 0.15) is 5.75 Å². The second-order valence-electron chi connectivity index (χ2n) is 3.14. The SMILES string of the molecule is COCNCCc1cc(Br)ccc1OC. The van der Waals surface area contributed by atoms with E-state index < -0.39 is 0 Å². The van der Waals surface area contributed by atoms with Crippen LogP contribution in [0.4, 0.5) is 0 Å². The molecule has 0 aliphatic rings. The van der Waals surface area contributed by atoms with Crippen LogP contribution >= 0.6 is 15.9 Å². The van der Waals surface area contributed by atoms with E-state index in [4.69, 9.17) is 9.47 Å². The number of ether oxygens (including phenoxy) is 2. The van der Waals surface area contributed by atoms with Crippen LogP contribution in [0.25, 0.3) is 0 Å². The first kappa shape index (κ1) is 12.5. The lowest BCUT2D eigenvalue weighted by molar-refractivity contribution is 0.176. The molecule has 0 saturated carbocycles. The molecule has 0 radical (unpaired) electrons. The molecule has 1 rings (SSSR count). The Bertz CT molecular complexity index is 305. The minimum absolute atomic E-state index is 0.580. The Balaban J connectivity index is 2.54. The monoisotopic (exact) mass is 273 g/mol. The number of methoxy groups -OCH3 is 2. The molecular weight excluding hydrogens is 258 g/mol. The molecule has 0 spiro atoms. The molecule has 0 aliphatic carbocycles. The highest BCUT2D eigenvalue weighted by molar-refractivity contribution is 9.10. The molecule has 0 unspecified atom stereocenters. The predicted octanol–water partition coefficient (Wildman–Crippen LogP) is 2.19. The van der Waals surface area contributed by atoms with E-state index in [0.29, 0.717) is 6.73 Å². The van der Waals surface area contributed by atoms with E-state index in [-0.39, 0.29) is 0 Å². The highest BCUT2D eigenvalue weighted by Crippen LogP contribution is 2.22. The molecule has 0 aliphatic heterocycles. The van der Waals surface area contributed by atoms with Gasteiger partial charge in [-0.3, -0.25) is 5.32 Å². The van der Waals surface area contributed by atoms with Gasteiger partial charge in [-0.15, -0.1) is 0 Å². The van der Waals surface area contributed by atoms with Gasteiger partial charge in [0.05, 0.1) is 13.8 Å². The van der Waals surface area contributed by atoms with Gasteiger partial charge in [-0.1, -0.05) is 15.9 Å². The lowest BCUT2D eigenvalue weighted by Gasteiger charge is -2.09. The summed E-state index contributed by atoms with van der Waals surface area (Å²) in [5.41, 5.74) is 1.19. The fourth-order valence-corrected chi connectivity index (χ4v) is 1.75. The summed E-state index contributed by atoms with van der Waals surface area (Å²) in [5, 5.41) is 3.16. The van der Waals surface area contributed by atoms with Gasteiger partial charge >= 0.3 is 0 Å². The van der Waals surface area contributed by atoms with Crippen LogP contribution in [0.3, 0.4) is 0 Å². The average molecular weight is 274 g/mol. The number of nitrogens with one attached hydrogen (secondary N) is 1. The van der Waals surface area contributed by atoms with Crippen LogP contribution in [0.1, 0.15) is 5.56 Å². The second kappa shape index (κ2) is 6.82. The average Bonchev–Trinajstić information content (AvgIpc) is 2.25. The summed E-state index contributed by atoms with van der Waals surface area (Å²) < 4.78 is 11.3. The number of rotatable bonds is 6. The summed E-state index contributed by atoms with van der Waals surface area (Å²) in [6, 6.07) is 6.02. The molecule has 3 nitrogen and oxygen atoms in total. The zero-order valence-corrected chi connectivity index (χ0v) is 10.6. The molecule has 1 aromatic carbocycles. The molecule has 0 fully saturated rings. The molecule has 4 heteroatoms. The second-order valence-corrected chi connectivity index (χ2v) is 4.05. The van der Waals surface area contributed by atoms with E-state index in [1.807, 2.05) is 12.1 Å². The van der Waals surface area contributed by atoms with Gasteiger partial charge in [0.25, 0.3) is 0 Å². The number of benzene rings is 1. The van der Waals surface area contributed by atoms with Crippen LogP contribution in [0.2, 0.25) is 0 Å². The first-order valence-electron chi connectivity index (χ1n) is 4.80. The Labute approximate surface area is 98.9 Å². The maximum Gasteiger partial charge on any atom is 0.122 e. The van der Waals surface area contributed by atoms with Crippen LogP contribution in [-0.2, 0) is 11.2 Å². The quantitative estimate of drug-likeness (QED) is 0.637. The Hall–Kier alpha value is -0.580. The van der Waals surface area contributed by atoms with E-state index >= 15 is 0 Å². The van der Waals surface area contributed by atoms with Crippen LogP contribution in [0, 0.1) is 0 Å². The van der Waals surface area contributed by atoms with E-state index in [0.717, 1.165) is 23.2 Å². The standard InChI is InChI=1S/C11H16BrNO2/c1-14-8-13-6-5-9-7-10(12)3-4-11(9)15-2/h3-4,7,13H,5-6,8H2,1-2H3. The van der Waals surface area contributed by atoms with Crippen molar-refractivity contribution < 1.29 is 9.47 Å². The maximum atomic E-state index is 5.28. The van der Waals surface area contributed by atoms with Gasteiger partial charge in [0, 0.05) is 18.1 Å². The molecule has 15 heavy (non-hydrogen) atoms. The zero-order chi connectivity index (χ0) is 11.1. The fraction of sp³-hybridized carbons (Fsp3) is 0.455. The van der Waals surface area contributed by atoms with Gasteiger partial charge in [0.2, 0.25) is 0 Å². The van der Waals surface area contributed by atoms with Crippen molar-refractivity contribution in [1.82, 2.24) is 5.32 Å². The maximum absolute atomic E-state index is 5.28. The van der Waals surface area contributed by atoms with E-state index in [1.165, 1.54) is 5.56 Å². The Morgan fingerprint density at radius 1 is 1.33 bits per heavy atom. The molecular formula is C11H16BrNO2. The van der Waals surface area contributed by atoms with E-state index in [2.05, 4.69) is 27.3 Å². The number of hydrogen-bond donors (Lipinski definition) is 1. The molecule has 84 valence electrons. The smallest absolute Gasteiger partial charge is 0.122 e. The highest BCUT2D eigenvalue weighted by atomic mass is 79.9. The fourth-order valence-electron chi connectivity index (χ4n) is 1.34. The van der Waals surface area contributed by atoms with Crippen LogP contribution in [0.15, 0.2) is 22.7 Å². The van der Waals surface area contributed by atoms with Crippen molar-refractivity contribution in [2.24, 2.45) is 0 Å². The highest BCUT2D eigenvalue weighted by Gasteiger charge is 2.02. The first-order chi connectivity index (χ1) is 7.27. The van der Waals surface area contributed by atoms with Gasteiger partial charge < -0.3 is 9.47 Å². The van der Waals surface area contributed by atoms with Gasteiger partial charge in [-0.05, 0) is 30.2 Å². The molecule has 1 N–H and O–H groups in total. The Kier molecular flexibility index (Phi) is 5.68. The molecule has 0 amide bonds. The third-order valence-corrected chi connectivity index (χ3v) is 2.55. The summed E-state index contributed by atoms with van der Waals surface area (Å²) >= 11 is 3.45. The van der Waals surface area contributed by atoms with E-state index in [1.54, 1.807) is 14.2 Å². The topological polar surface area (TPSA) is 30.5 Å². The number of hydrogen-bond acceptors (Lipinski definition) is 3. The molecule has 0 aromatic heterocycles. The van der Waals surface area contributed by atoms with Crippen molar-refractivity contribution in [2.45, 2.75) is 6.42 Å². The van der Waals surface area contributed by atoms with Gasteiger partial charge in [-0.25, -0.2) is 0 Å². The summed E-state index contributed by atoms with van der Waals surface area (Å²) in [7, 11) is 3.36. The van der Waals surface area contributed by atoms with Gasteiger partial charge in [0.15, 0.2) is 0 Å². The van der Waals surface area contributed by atoms with Crippen molar-refractivity contribution in [1.29, 1.82) is 0 Å². The zero-order valence-electron chi connectivity index (χ0n) is 9.05. The minimum atomic E-state index is 0.580. The summed E-state index contributed by atoms with van der Waals surface area (Å²) in [6.45, 7) is 1.46. The molecule has 0 saturated heterocycles. The van der Waals surface area contributed by atoms with E-state index in [9.17, 15) is 0 Å². The lowest BCUT2D eigenvalue weighted by Crippen LogP contribution is -2.19. The Morgan fingerprint density at radius 2 is 2.13 bits per heavy atom. The van der Waals surface area contributed by atoms with Crippen molar-refractivity contribution in [2.75, 3.05) is 27.5 Å². The van der Waals surface area contributed by atoms with Crippen molar-refractivity contribution >= 4 is 15.9 Å². The Morgan fingerprint density at radius 3 is 2.80 bits per heavy atom. The third kappa shape index (κ3) is 4.20. The first-order valence-corrected chi connectivity index (χ1v) is 5.59. The summed E-state index contributed by atoms with van der Waals surface area (Å²) in [5.74, 6) is 0.928. The summed E-state index contributed by atoms with van der Waals surface area (Å²) in [4.78, 5) is 0. The van der Waals surface area contributed by atoms with Crippen LogP contribution < -0.4 is 10.1 Å². The van der Waals surface area contributed by atoms with Gasteiger partial charge in [-0.2, -0.15) is 0 Å². The molecule has 0 bridgehead atoms. The summed E-state index contributed by atoms with van der Waals surface area (Å²) in [6.07, 6.45) is 0.923. The minimum Gasteiger partial charge on any atom is -0.496 e. The van der Waals surface area contributed by atoms with Crippen LogP contribution in [0.5, 0.6) is 5.75 Å². The van der Waals surface area contributed by atoms with Crippen molar-refractivity contribution in [3.05, 3.63) is 28.2 Å².